The molecule has 0 aliphatic carbocycles. The van der Waals surface area contributed by atoms with Crippen molar-refractivity contribution in [2.75, 3.05) is 12.4 Å². The van der Waals surface area contributed by atoms with Crippen molar-refractivity contribution in [3.8, 4) is 0 Å². The maximum Gasteiger partial charge on any atom is 0.275 e. The van der Waals surface area contributed by atoms with E-state index in [1.54, 1.807) is 13.8 Å². The van der Waals surface area contributed by atoms with Crippen LogP contribution in [0.5, 0.6) is 0 Å². The van der Waals surface area contributed by atoms with Crippen LogP contribution in [0.15, 0.2) is 0 Å². The molecule has 0 aliphatic heterocycles. The zero-order chi connectivity index (χ0) is 11.7. The van der Waals surface area contributed by atoms with Crippen LogP contribution in [0, 0.1) is 37.8 Å². The highest BCUT2D eigenvalue weighted by Crippen LogP contribution is 2.34. The normalized spacial score (nSPS) is 10.2. The number of hydrogen-bond acceptors (Lipinski definition) is 3. The second-order valence-corrected chi connectivity index (χ2v) is 3.73. The first kappa shape index (κ1) is 11.5. The first-order valence-corrected chi connectivity index (χ1v) is 4.84. The lowest BCUT2D eigenvalue weighted by molar-refractivity contribution is -0.386. The Morgan fingerprint density at radius 1 is 1.00 bits per heavy atom. The molecule has 0 unspecified atom stereocenters. The lowest BCUT2D eigenvalue weighted by Crippen LogP contribution is -2.04. The summed E-state index contributed by atoms with van der Waals surface area (Å²) >= 11 is 0. The Morgan fingerprint density at radius 2 is 1.40 bits per heavy atom. The second-order valence-electron chi connectivity index (χ2n) is 3.73. The summed E-state index contributed by atoms with van der Waals surface area (Å²) in [5.74, 6) is 0. The molecule has 4 nitrogen and oxygen atoms in total. The summed E-state index contributed by atoms with van der Waals surface area (Å²) in [5.41, 5.74) is 4.62. The monoisotopic (exact) mass is 208 g/mol. The quantitative estimate of drug-likeness (QED) is 0.600. The third-order valence-corrected chi connectivity index (χ3v) is 3.02. The van der Waals surface area contributed by atoms with Gasteiger partial charge in [-0.2, -0.15) is 0 Å². The standard InChI is InChI=1S/C11H16N2O2/c1-6-8(3)11(13(14)15)9(4)7(2)10(6)12-5/h12H,1-5H3. The molecule has 0 saturated heterocycles. The minimum atomic E-state index is -0.301. The highest BCUT2D eigenvalue weighted by atomic mass is 16.6. The summed E-state index contributed by atoms with van der Waals surface area (Å²) in [6, 6.07) is 0. The number of nitrogens with zero attached hydrogens (tertiary/aromatic N) is 1. The van der Waals surface area contributed by atoms with Gasteiger partial charge in [-0.05, 0) is 38.8 Å². The van der Waals surface area contributed by atoms with Gasteiger partial charge in [0.25, 0.3) is 5.69 Å². The lowest BCUT2D eigenvalue weighted by Gasteiger charge is -2.15. The molecule has 0 amide bonds. The van der Waals surface area contributed by atoms with Gasteiger partial charge < -0.3 is 5.32 Å². The third kappa shape index (κ3) is 1.67. The van der Waals surface area contributed by atoms with Gasteiger partial charge in [0.05, 0.1) is 4.92 Å². The molecule has 0 atom stereocenters. The van der Waals surface area contributed by atoms with E-state index in [9.17, 15) is 10.1 Å². The Morgan fingerprint density at radius 3 is 1.67 bits per heavy atom. The van der Waals surface area contributed by atoms with Crippen molar-refractivity contribution in [2.24, 2.45) is 0 Å². The van der Waals surface area contributed by atoms with Gasteiger partial charge in [0.15, 0.2) is 0 Å². The van der Waals surface area contributed by atoms with Crippen LogP contribution in [0.3, 0.4) is 0 Å². The number of hydrogen-bond donors (Lipinski definition) is 1. The summed E-state index contributed by atoms with van der Waals surface area (Å²) in [6.07, 6.45) is 0. The third-order valence-electron chi connectivity index (χ3n) is 3.02. The van der Waals surface area contributed by atoms with Crippen LogP contribution >= 0.6 is 0 Å². The Balaban J connectivity index is 3.66. The average molecular weight is 208 g/mol. The van der Waals surface area contributed by atoms with E-state index in [4.69, 9.17) is 0 Å². The zero-order valence-electron chi connectivity index (χ0n) is 9.76. The van der Waals surface area contributed by atoms with Gasteiger partial charge in [0.1, 0.15) is 0 Å². The van der Waals surface area contributed by atoms with Crippen molar-refractivity contribution in [3.05, 3.63) is 32.4 Å². The van der Waals surface area contributed by atoms with Gasteiger partial charge in [-0.3, -0.25) is 10.1 Å². The predicted molar refractivity (Wildman–Crippen MR) is 61.6 cm³/mol. The molecule has 0 aromatic heterocycles. The Bertz CT molecular complexity index is 396. The largest absolute Gasteiger partial charge is 0.388 e. The number of rotatable bonds is 2. The minimum absolute atomic E-state index is 0.240. The first-order valence-electron chi connectivity index (χ1n) is 4.84. The highest BCUT2D eigenvalue weighted by molar-refractivity contribution is 5.69. The van der Waals surface area contributed by atoms with Crippen molar-refractivity contribution in [1.29, 1.82) is 0 Å². The summed E-state index contributed by atoms with van der Waals surface area (Å²) < 4.78 is 0. The molecule has 0 heterocycles. The summed E-state index contributed by atoms with van der Waals surface area (Å²) in [6.45, 7) is 7.39. The van der Waals surface area contributed by atoms with E-state index in [1.807, 2.05) is 20.9 Å². The smallest absolute Gasteiger partial charge is 0.275 e. The molecule has 0 spiro atoms. The molecule has 4 heteroatoms. The molecule has 1 aromatic rings. The second kappa shape index (κ2) is 3.88. The molecule has 0 aliphatic rings. The van der Waals surface area contributed by atoms with Crippen LogP contribution in [-0.4, -0.2) is 12.0 Å². The minimum Gasteiger partial charge on any atom is -0.388 e. The molecular formula is C11H16N2O2. The number of anilines is 1. The summed E-state index contributed by atoms with van der Waals surface area (Å²) in [7, 11) is 1.83. The van der Waals surface area contributed by atoms with Crippen LogP contribution in [-0.2, 0) is 0 Å². The highest BCUT2D eigenvalue weighted by Gasteiger charge is 2.21. The zero-order valence-corrected chi connectivity index (χ0v) is 9.76. The fourth-order valence-corrected chi connectivity index (χ4v) is 1.94. The molecule has 0 radical (unpaired) electrons. The van der Waals surface area contributed by atoms with Gasteiger partial charge in [-0.1, -0.05) is 0 Å². The van der Waals surface area contributed by atoms with E-state index >= 15 is 0 Å². The molecular weight excluding hydrogens is 192 g/mol. The SMILES string of the molecule is CNc1c(C)c(C)c([N+](=O)[O-])c(C)c1C. The lowest BCUT2D eigenvalue weighted by atomic mass is 9.96. The van der Waals surface area contributed by atoms with Crippen molar-refractivity contribution in [2.45, 2.75) is 27.7 Å². The molecule has 0 fully saturated rings. The molecule has 82 valence electrons. The molecule has 1 aromatic carbocycles. The van der Waals surface area contributed by atoms with Crippen LogP contribution in [0.2, 0.25) is 0 Å². The molecule has 1 N–H and O–H groups in total. The Hall–Kier alpha value is -1.58. The van der Waals surface area contributed by atoms with E-state index in [0.29, 0.717) is 0 Å². The van der Waals surface area contributed by atoms with E-state index < -0.39 is 0 Å². The average Bonchev–Trinajstić information content (AvgIpc) is 2.16. The molecule has 1 rings (SSSR count). The molecule has 0 bridgehead atoms. The number of nitrogens with one attached hydrogen (secondary N) is 1. The predicted octanol–water partition coefficient (Wildman–Crippen LogP) is 2.87. The van der Waals surface area contributed by atoms with Crippen LogP contribution in [0.1, 0.15) is 22.3 Å². The number of nitro benzene ring substituents is 1. The Labute approximate surface area is 89.5 Å². The molecule has 0 saturated carbocycles. The van der Waals surface area contributed by atoms with Crippen LogP contribution in [0.25, 0.3) is 0 Å². The van der Waals surface area contributed by atoms with Crippen molar-refractivity contribution in [3.63, 3.8) is 0 Å². The van der Waals surface area contributed by atoms with E-state index in [-0.39, 0.29) is 10.6 Å². The van der Waals surface area contributed by atoms with Gasteiger partial charge in [-0.15, -0.1) is 0 Å². The maximum absolute atomic E-state index is 10.9. The van der Waals surface area contributed by atoms with Gasteiger partial charge >= 0.3 is 0 Å². The number of nitro groups is 1. The van der Waals surface area contributed by atoms with Crippen molar-refractivity contribution >= 4 is 11.4 Å². The first-order chi connectivity index (χ1) is 6.91. The van der Waals surface area contributed by atoms with Crippen molar-refractivity contribution in [1.82, 2.24) is 0 Å². The van der Waals surface area contributed by atoms with Crippen LogP contribution in [0.4, 0.5) is 11.4 Å². The van der Waals surface area contributed by atoms with Gasteiger partial charge in [-0.25, -0.2) is 0 Å². The van der Waals surface area contributed by atoms with Crippen LogP contribution < -0.4 is 5.32 Å². The van der Waals surface area contributed by atoms with Gasteiger partial charge in [0, 0.05) is 23.9 Å². The van der Waals surface area contributed by atoms with E-state index in [0.717, 1.165) is 27.9 Å². The fourth-order valence-electron chi connectivity index (χ4n) is 1.94. The Kier molecular flexibility index (Phi) is 2.98. The fraction of sp³-hybridized carbons (Fsp3) is 0.455. The number of benzene rings is 1. The van der Waals surface area contributed by atoms with Crippen molar-refractivity contribution < 1.29 is 4.92 Å². The maximum atomic E-state index is 10.9. The topological polar surface area (TPSA) is 55.2 Å². The van der Waals surface area contributed by atoms with E-state index in [2.05, 4.69) is 5.32 Å². The molecule has 15 heavy (non-hydrogen) atoms. The van der Waals surface area contributed by atoms with E-state index in [1.165, 1.54) is 0 Å². The summed E-state index contributed by atoms with van der Waals surface area (Å²) in [4.78, 5) is 10.6. The summed E-state index contributed by atoms with van der Waals surface area (Å²) in [5, 5.41) is 14.0. The van der Waals surface area contributed by atoms with Gasteiger partial charge in [0.2, 0.25) is 0 Å².